The molecule has 2 atom stereocenters. The Bertz CT molecular complexity index is 190. The van der Waals surface area contributed by atoms with Crippen LogP contribution in [-0.2, 0) is 4.74 Å². The van der Waals surface area contributed by atoms with Gasteiger partial charge in [0.1, 0.15) is 0 Å². The maximum absolute atomic E-state index is 5.44. The Morgan fingerprint density at radius 2 is 2.13 bits per heavy atom. The fourth-order valence-corrected chi connectivity index (χ4v) is 2.86. The third-order valence-corrected chi connectivity index (χ3v) is 3.73. The molecule has 0 aromatic heterocycles. The zero-order valence-electron chi connectivity index (χ0n) is 10.0. The summed E-state index contributed by atoms with van der Waals surface area (Å²) in [4.78, 5) is 2.59. The highest BCUT2D eigenvalue weighted by Gasteiger charge is 2.34. The first-order valence-electron chi connectivity index (χ1n) is 6.35. The molecule has 3 fully saturated rings. The predicted octanol–water partition coefficient (Wildman–Crippen LogP) is 1.10. The summed E-state index contributed by atoms with van der Waals surface area (Å²) in [6, 6.07) is 1.21. The fourth-order valence-electron chi connectivity index (χ4n) is 2.86. The first kappa shape index (κ1) is 11.4. The van der Waals surface area contributed by atoms with Crippen LogP contribution in [0.2, 0.25) is 0 Å². The lowest BCUT2D eigenvalue weighted by atomic mass is 9.84. The SMILES string of the molecule is CCOCC(C)NC1CN2CCC1CC2. The van der Waals surface area contributed by atoms with E-state index >= 15 is 0 Å². The van der Waals surface area contributed by atoms with Crippen molar-refractivity contribution in [2.75, 3.05) is 32.8 Å². The van der Waals surface area contributed by atoms with Gasteiger partial charge in [0.05, 0.1) is 6.61 Å². The summed E-state index contributed by atoms with van der Waals surface area (Å²) in [7, 11) is 0. The Morgan fingerprint density at radius 1 is 1.40 bits per heavy atom. The van der Waals surface area contributed by atoms with Crippen molar-refractivity contribution in [3.05, 3.63) is 0 Å². The van der Waals surface area contributed by atoms with E-state index in [-0.39, 0.29) is 0 Å². The molecule has 3 saturated heterocycles. The number of fused-ring (bicyclic) bond motifs is 3. The van der Waals surface area contributed by atoms with Gasteiger partial charge < -0.3 is 15.0 Å². The van der Waals surface area contributed by atoms with Crippen LogP contribution in [0.25, 0.3) is 0 Å². The molecular formula is C12H24N2O. The molecule has 3 rings (SSSR count). The first-order chi connectivity index (χ1) is 7.29. The minimum absolute atomic E-state index is 0.496. The molecule has 3 aliphatic heterocycles. The van der Waals surface area contributed by atoms with Crippen LogP contribution in [0.3, 0.4) is 0 Å². The largest absolute Gasteiger partial charge is 0.380 e. The van der Waals surface area contributed by atoms with Crippen LogP contribution in [0.15, 0.2) is 0 Å². The van der Waals surface area contributed by atoms with Crippen molar-refractivity contribution < 1.29 is 4.74 Å². The summed E-state index contributed by atoms with van der Waals surface area (Å²) >= 11 is 0. The van der Waals surface area contributed by atoms with E-state index in [0.29, 0.717) is 12.1 Å². The maximum Gasteiger partial charge on any atom is 0.0616 e. The molecule has 3 heteroatoms. The average molecular weight is 212 g/mol. The van der Waals surface area contributed by atoms with Crippen LogP contribution in [0.5, 0.6) is 0 Å². The van der Waals surface area contributed by atoms with E-state index in [2.05, 4.69) is 24.1 Å². The van der Waals surface area contributed by atoms with Crippen molar-refractivity contribution >= 4 is 0 Å². The zero-order chi connectivity index (χ0) is 10.7. The Balaban J connectivity index is 1.74. The van der Waals surface area contributed by atoms with Gasteiger partial charge in [-0.3, -0.25) is 0 Å². The molecule has 2 unspecified atom stereocenters. The quantitative estimate of drug-likeness (QED) is 0.738. The molecule has 3 aliphatic rings. The molecule has 0 radical (unpaired) electrons. The maximum atomic E-state index is 5.44. The van der Waals surface area contributed by atoms with E-state index in [0.717, 1.165) is 19.1 Å². The number of hydrogen-bond donors (Lipinski definition) is 1. The Morgan fingerprint density at radius 3 is 2.67 bits per heavy atom. The highest BCUT2D eigenvalue weighted by Crippen LogP contribution is 2.27. The van der Waals surface area contributed by atoms with Gasteiger partial charge in [0.25, 0.3) is 0 Å². The van der Waals surface area contributed by atoms with E-state index in [1.54, 1.807) is 0 Å². The molecule has 3 heterocycles. The molecule has 0 saturated carbocycles. The third-order valence-electron chi connectivity index (χ3n) is 3.73. The number of rotatable bonds is 5. The minimum atomic E-state index is 0.496. The normalized spacial score (nSPS) is 36.8. The van der Waals surface area contributed by atoms with Gasteiger partial charge in [-0.15, -0.1) is 0 Å². The van der Waals surface area contributed by atoms with E-state index in [1.807, 2.05) is 0 Å². The summed E-state index contributed by atoms with van der Waals surface area (Å²) in [6.07, 6.45) is 2.78. The fraction of sp³-hybridized carbons (Fsp3) is 1.00. The van der Waals surface area contributed by atoms with Gasteiger partial charge in [-0.2, -0.15) is 0 Å². The minimum Gasteiger partial charge on any atom is -0.380 e. The van der Waals surface area contributed by atoms with E-state index in [4.69, 9.17) is 4.74 Å². The van der Waals surface area contributed by atoms with Crippen molar-refractivity contribution in [1.29, 1.82) is 0 Å². The van der Waals surface area contributed by atoms with Crippen LogP contribution in [0.1, 0.15) is 26.7 Å². The molecule has 15 heavy (non-hydrogen) atoms. The number of piperidine rings is 3. The van der Waals surface area contributed by atoms with Crippen molar-refractivity contribution in [1.82, 2.24) is 10.2 Å². The topological polar surface area (TPSA) is 24.5 Å². The van der Waals surface area contributed by atoms with Crippen LogP contribution < -0.4 is 5.32 Å². The van der Waals surface area contributed by atoms with E-state index in [9.17, 15) is 0 Å². The summed E-state index contributed by atoms with van der Waals surface area (Å²) in [5.41, 5.74) is 0. The summed E-state index contributed by atoms with van der Waals surface area (Å²) < 4.78 is 5.44. The van der Waals surface area contributed by atoms with Gasteiger partial charge in [-0.05, 0) is 45.7 Å². The molecule has 2 bridgehead atoms. The lowest BCUT2D eigenvalue weighted by Crippen LogP contribution is -2.58. The lowest BCUT2D eigenvalue weighted by molar-refractivity contribution is 0.0550. The molecular weight excluding hydrogens is 188 g/mol. The average Bonchev–Trinajstić information content (AvgIpc) is 2.28. The molecule has 0 aromatic rings. The second kappa shape index (κ2) is 5.28. The van der Waals surface area contributed by atoms with Crippen molar-refractivity contribution in [2.24, 2.45) is 5.92 Å². The van der Waals surface area contributed by atoms with Gasteiger partial charge in [0.2, 0.25) is 0 Å². The van der Waals surface area contributed by atoms with Gasteiger partial charge >= 0.3 is 0 Å². The Kier molecular flexibility index (Phi) is 4.00. The van der Waals surface area contributed by atoms with Gasteiger partial charge in [0.15, 0.2) is 0 Å². The monoisotopic (exact) mass is 212 g/mol. The Hall–Kier alpha value is -0.120. The van der Waals surface area contributed by atoms with Crippen LogP contribution in [-0.4, -0.2) is 49.8 Å². The van der Waals surface area contributed by atoms with E-state index in [1.165, 1.54) is 32.5 Å². The zero-order valence-corrected chi connectivity index (χ0v) is 10.0. The van der Waals surface area contributed by atoms with Crippen molar-refractivity contribution in [3.8, 4) is 0 Å². The molecule has 0 aliphatic carbocycles. The van der Waals surface area contributed by atoms with Crippen LogP contribution in [0.4, 0.5) is 0 Å². The molecule has 88 valence electrons. The van der Waals surface area contributed by atoms with Gasteiger partial charge in [-0.1, -0.05) is 0 Å². The number of hydrogen-bond acceptors (Lipinski definition) is 3. The molecule has 3 nitrogen and oxygen atoms in total. The molecule has 0 amide bonds. The third kappa shape index (κ3) is 2.92. The van der Waals surface area contributed by atoms with Crippen LogP contribution >= 0.6 is 0 Å². The molecule has 0 spiro atoms. The molecule has 0 aromatic carbocycles. The second-order valence-electron chi connectivity index (χ2n) is 4.97. The molecule has 1 N–H and O–H groups in total. The van der Waals surface area contributed by atoms with Gasteiger partial charge in [-0.25, -0.2) is 0 Å². The summed E-state index contributed by atoms with van der Waals surface area (Å²) in [6.45, 7) is 9.85. The summed E-state index contributed by atoms with van der Waals surface area (Å²) in [5.74, 6) is 0.916. The van der Waals surface area contributed by atoms with Gasteiger partial charge in [0, 0.05) is 25.2 Å². The second-order valence-corrected chi connectivity index (χ2v) is 4.97. The van der Waals surface area contributed by atoms with Crippen LogP contribution in [0, 0.1) is 5.92 Å². The van der Waals surface area contributed by atoms with E-state index < -0.39 is 0 Å². The number of ether oxygens (including phenoxy) is 1. The lowest BCUT2D eigenvalue weighted by Gasteiger charge is -2.46. The summed E-state index contributed by atoms with van der Waals surface area (Å²) in [5, 5.41) is 3.72. The van der Waals surface area contributed by atoms with Crippen molar-refractivity contribution in [2.45, 2.75) is 38.8 Å². The predicted molar refractivity (Wildman–Crippen MR) is 62.0 cm³/mol. The standard InChI is InChI=1S/C12H24N2O/c1-3-15-9-10(2)13-12-8-14-6-4-11(12)5-7-14/h10-13H,3-9H2,1-2H3. The highest BCUT2D eigenvalue weighted by atomic mass is 16.5. The Labute approximate surface area is 93.2 Å². The van der Waals surface area contributed by atoms with Crippen molar-refractivity contribution in [3.63, 3.8) is 0 Å². The number of nitrogens with one attached hydrogen (secondary N) is 1. The highest BCUT2D eigenvalue weighted by molar-refractivity contribution is 4.91. The smallest absolute Gasteiger partial charge is 0.0616 e. The number of nitrogens with zero attached hydrogens (tertiary/aromatic N) is 1. The first-order valence-corrected chi connectivity index (χ1v) is 6.35.